The number of hydrogen-bond donors (Lipinski definition) is 2. The summed E-state index contributed by atoms with van der Waals surface area (Å²) in [6.07, 6.45) is 1.53. The van der Waals surface area contributed by atoms with Crippen molar-refractivity contribution in [3.8, 4) is 5.82 Å². The number of nitrogens with one attached hydrogen (secondary N) is 1. The van der Waals surface area contributed by atoms with Crippen molar-refractivity contribution in [2.45, 2.75) is 6.61 Å². The molecule has 0 aliphatic rings. The molecular formula is C12H12N8O3S. The van der Waals surface area contributed by atoms with E-state index in [0.717, 1.165) is 4.88 Å². The first-order valence-electron chi connectivity index (χ1n) is 6.59. The molecule has 12 heteroatoms. The number of thiophene rings is 1. The smallest absolute Gasteiger partial charge is 0.293 e. The Morgan fingerprint density at radius 3 is 3.12 bits per heavy atom. The number of carbonyl (C=O) groups is 1. The lowest BCUT2D eigenvalue weighted by Crippen LogP contribution is -2.20. The molecule has 0 aromatic carbocycles. The van der Waals surface area contributed by atoms with Crippen LogP contribution in [0.5, 0.6) is 0 Å². The molecule has 0 atom stereocenters. The number of ether oxygens (including phenoxy) is 1. The van der Waals surface area contributed by atoms with Crippen molar-refractivity contribution < 1.29 is 14.2 Å². The van der Waals surface area contributed by atoms with Gasteiger partial charge < -0.3 is 10.5 Å². The number of hydrazone groups is 1. The second kappa shape index (κ2) is 6.97. The number of nitrogens with zero attached hydrogens (tertiary/aromatic N) is 6. The minimum Gasteiger partial charge on any atom is -0.378 e. The van der Waals surface area contributed by atoms with Crippen LogP contribution in [0.3, 0.4) is 0 Å². The van der Waals surface area contributed by atoms with Gasteiger partial charge in [-0.2, -0.15) is 9.78 Å². The summed E-state index contributed by atoms with van der Waals surface area (Å²) in [5, 5.41) is 20.6. The van der Waals surface area contributed by atoms with Crippen molar-refractivity contribution in [3.63, 3.8) is 0 Å². The van der Waals surface area contributed by atoms with Crippen molar-refractivity contribution in [1.29, 1.82) is 0 Å². The Kier molecular flexibility index (Phi) is 4.58. The molecule has 3 N–H and O–H groups in total. The summed E-state index contributed by atoms with van der Waals surface area (Å²) < 4.78 is 10.8. The lowest BCUT2D eigenvalue weighted by Gasteiger charge is -2.03. The molecule has 0 fully saturated rings. The molecule has 3 heterocycles. The summed E-state index contributed by atoms with van der Waals surface area (Å²) in [5.74, 6) is -0.410. The molecule has 0 aliphatic heterocycles. The SMILES string of the molecule is COCc1c(C(=O)NN=Cc2cccs2)nnn1-c1nonc1N. The highest BCUT2D eigenvalue weighted by Gasteiger charge is 2.23. The average molecular weight is 348 g/mol. The monoisotopic (exact) mass is 348 g/mol. The van der Waals surface area contributed by atoms with Gasteiger partial charge in [0, 0.05) is 12.0 Å². The molecule has 0 saturated heterocycles. The third-order valence-electron chi connectivity index (χ3n) is 2.86. The van der Waals surface area contributed by atoms with E-state index in [1.54, 1.807) is 0 Å². The number of amides is 1. The van der Waals surface area contributed by atoms with E-state index in [1.807, 2.05) is 17.5 Å². The van der Waals surface area contributed by atoms with Gasteiger partial charge in [0.05, 0.1) is 12.8 Å². The van der Waals surface area contributed by atoms with Crippen LogP contribution in [0.1, 0.15) is 21.1 Å². The Bertz CT molecular complexity index is 854. The fourth-order valence-electron chi connectivity index (χ4n) is 1.82. The summed E-state index contributed by atoms with van der Waals surface area (Å²) in [6, 6.07) is 3.75. The molecule has 1 amide bonds. The summed E-state index contributed by atoms with van der Waals surface area (Å²) in [7, 11) is 1.47. The van der Waals surface area contributed by atoms with Crippen molar-refractivity contribution >= 4 is 29.3 Å². The highest BCUT2D eigenvalue weighted by Crippen LogP contribution is 2.16. The third kappa shape index (κ3) is 3.13. The van der Waals surface area contributed by atoms with E-state index in [-0.39, 0.29) is 23.9 Å². The van der Waals surface area contributed by atoms with Gasteiger partial charge in [0.1, 0.15) is 5.69 Å². The summed E-state index contributed by atoms with van der Waals surface area (Å²) >= 11 is 1.49. The van der Waals surface area contributed by atoms with Gasteiger partial charge in [0.2, 0.25) is 11.6 Å². The van der Waals surface area contributed by atoms with Gasteiger partial charge in [-0.25, -0.2) is 10.1 Å². The van der Waals surface area contributed by atoms with Crippen LogP contribution in [-0.2, 0) is 11.3 Å². The molecule has 124 valence electrons. The lowest BCUT2D eigenvalue weighted by atomic mass is 10.3. The van der Waals surface area contributed by atoms with Gasteiger partial charge in [-0.1, -0.05) is 11.3 Å². The molecule has 3 aromatic heterocycles. The van der Waals surface area contributed by atoms with Crippen molar-refractivity contribution in [3.05, 3.63) is 33.8 Å². The molecule has 0 radical (unpaired) electrons. The molecule has 0 bridgehead atoms. The Labute approximate surface area is 139 Å². The van der Waals surface area contributed by atoms with Crippen LogP contribution >= 0.6 is 11.3 Å². The molecular weight excluding hydrogens is 336 g/mol. The Balaban J connectivity index is 1.83. The highest BCUT2D eigenvalue weighted by molar-refractivity contribution is 7.11. The molecule has 24 heavy (non-hydrogen) atoms. The second-order valence-corrected chi connectivity index (χ2v) is 5.40. The van der Waals surface area contributed by atoms with Crippen LogP contribution in [0.2, 0.25) is 0 Å². The van der Waals surface area contributed by atoms with Gasteiger partial charge in [-0.15, -0.1) is 16.4 Å². The van der Waals surface area contributed by atoms with Gasteiger partial charge in [-0.05, 0) is 21.8 Å². The third-order valence-corrected chi connectivity index (χ3v) is 3.66. The number of methoxy groups -OCH3 is 1. The van der Waals surface area contributed by atoms with Crippen LogP contribution in [0.25, 0.3) is 5.82 Å². The minimum atomic E-state index is -0.545. The number of nitrogens with two attached hydrogens (primary N) is 1. The highest BCUT2D eigenvalue weighted by atomic mass is 32.1. The van der Waals surface area contributed by atoms with Crippen LogP contribution in [0.15, 0.2) is 27.2 Å². The molecule has 0 unspecified atom stereocenters. The van der Waals surface area contributed by atoms with Gasteiger partial charge in [0.15, 0.2) is 5.69 Å². The maximum Gasteiger partial charge on any atom is 0.293 e. The van der Waals surface area contributed by atoms with E-state index in [2.05, 4.69) is 35.8 Å². The van der Waals surface area contributed by atoms with Crippen LogP contribution in [-0.4, -0.2) is 44.5 Å². The maximum absolute atomic E-state index is 12.3. The second-order valence-electron chi connectivity index (χ2n) is 4.42. The van der Waals surface area contributed by atoms with E-state index in [1.165, 1.54) is 29.3 Å². The predicted molar refractivity (Wildman–Crippen MR) is 83.7 cm³/mol. The topological polar surface area (TPSA) is 146 Å². The van der Waals surface area contributed by atoms with Crippen LogP contribution in [0.4, 0.5) is 5.82 Å². The zero-order chi connectivity index (χ0) is 16.9. The fraction of sp³-hybridized carbons (Fsp3) is 0.167. The van der Waals surface area contributed by atoms with Crippen LogP contribution in [0, 0.1) is 0 Å². The number of carbonyl (C=O) groups excluding carboxylic acids is 1. The normalized spacial score (nSPS) is 11.2. The maximum atomic E-state index is 12.3. The zero-order valence-corrected chi connectivity index (χ0v) is 13.2. The summed E-state index contributed by atoms with van der Waals surface area (Å²) in [4.78, 5) is 13.2. The standard InChI is InChI=1S/C12H12N8O3S/c1-22-6-8-9(12(21)16-14-5-7-3-2-4-24-7)15-19-20(8)11-10(13)17-23-18-11/h2-5H,6H2,1H3,(H2,13,17)(H,16,21). The van der Waals surface area contributed by atoms with E-state index in [9.17, 15) is 4.79 Å². The molecule has 0 saturated carbocycles. The van der Waals surface area contributed by atoms with Gasteiger partial charge in [-0.3, -0.25) is 4.79 Å². The van der Waals surface area contributed by atoms with E-state index in [0.29, 0.717) is 5.69 Å². The zero-order valence-electron chi connectivity index (χ0n) is 12.4. The molecule has 0 aliphatic carbocycles. The fourth-order valence-corrected chi connectivity index (χ4v) is 2.41. The molecule has 3 aromatic rings. The first-order valence-corrected chi connectivity index (χ1v) is 7.47. The molecule has 0 spiro atoms. The quantitative estimate of drug-likeness (QED) is 0.474. The van der Waals surface area contributed by atoms with E-state index < -0.39 is 5.91 Å². The average Bonchev–Trinajstić information content (AvgIpc) is 3.29. The van der Waals surface area contributed by atoms with Crippen molar-refractivity contribution in [2.24, 2.45) is 5.10 Å². The first-order chi connectivity index (χ1) is 11.7. The summed E-state index contributed by atoms with van der Waals surface area (Å²) in [5.41, 5.74) is 8.39. The van der Waals surface area contributed by atoms with Crippen molar-refractivity contribution in [2.75, 3.05) is 12.8 Å². The number of aromatic nitrogens is 5. The minimum absolute atomic E-state index is 0.0138. The Morgan fingerprint density at radius 1 is 1.58 bits per heavy atom. The Hall–Kier alpha value is -3.12. The lowest BCUT2D eigenvalue weighted by molar-refractivity contribution is 0.0944. The predicted octanol–water partition coefficient (Wildman–Crippen LogP) is 0.204. The summed E-state index contributed by atoms with van der Waals surface area (Å²) in [6.45, 7) is 0.0523. The molecule has 11 nitrogen and oxygen atoms in total. The van der Waals surface area contributed by atoms with Gasteiger partial charge in [0.25, 0.3) is 5.91 Å². The number of rotatable bonds is 6. The Morgan fingerprint density at radius 2 is 2.46 bits per heavy atom. The van der Waals surface area contributed by atoms with Gasteiger partial charge >= 0.3 is 0 Å². The largest absolute Gasteiger partial charge is 0.378 e. The number of nitrogen functional groups attached to an aromatic ring is 1. The number of anilines is 1. The van der Waals surface area contributed by atoms with E-state index >= 15 is 0 Å². The number of hydrogen-bond acceptors (Lipinski definition) is 10. The van der Waals surface area contributed by atoms with Crippen molar-refractivity contribution in [1.82, 2.24) is 30.7 Å². The molecule has 3 rings (SSSR count). The van der Waals surface area contributed by atoms with E-state index in [4.69, 9.17) is 10.5 Å². The first kappa shape index (κ1) is 15.8. The van der Waals surface area contributed by atoms with Crippen LogP contribution < -0.4 is 11.2 Å².